The molecule has 0 unspecified atom stereocenters. The molecule has 1 aliphatic heterocycles. The number of nitrogens with one attached hydrogen (secondary N) is 2. The fraction of sp³-hybridized carbons (Fsp3) is 0.333. The zero-order valence-corrected chi connectivity index (χ0v) is 17.3. The lowest BCUT2D eigenvalue weighted by Crippen LogP contribution is -2.27. The van der Waals surface area contributed by atoms with Crippen LogP contribution in [0.4, 0.5) is 30.6 Å². The number of hydrogen-bond acceptors (Lipinski definition) is 8. The van der Waals surface area contributed by atoms with Crippen molar-refractivity contribution >= 4 is 23.4 Å². The van der Waals surface area contributed by atoms with Crippen LogP contribution in [0.15, 0.2) is 42.9 Å². The molecule has 0 bridgehead atoms. The second kappa shape index (κ2) is 8.26. The van der Waals surface area contributed by atoms with Crippen molar-refractivity contribution in [2.75, 3.05) is 15.5 Å². The molecule has 2 N–H and O–H groups in total. The monoisotopic (exact) mass is 456 g/mol. The van der Waals surface area contributed by atoms with Crippen molar-refractivity contribution in [3.8, 4) is 0 Å². The predicted octanol–water partition coefficient (Wildman–Crippen LogP) is 3.29. The Bertz CT molecular complexity index is 1170. The van der Waals surface area contributed by atoms with Crippen LogP contribution in [0.25, 0.3) is 0 Å². The molecule has 3 aromatic heterocycles. The van der Waals surface area contributed by atoms with Crippen molar-refractivity contribution in [2.45, 2.75) is 44.1 Å². The van der Waals surface area contributed by atoms with Crippen LogP contribution in [-0.4, -0.2) is 43.1 Å². The Morgan fingerprint density at radius 2 is 1.73 bits per heavy atom. The van der Waals surface area contributed by atoms with Gasteiger partial charge in [0.2, 0.25) is 5.95 Å². The average Bonchev–Trinajstić information content (AvgIpc) is 3.38. The van der Waals surface area contributed by atoms with E-state index in [0.29, 0.717) is 36.2 Å². The summed E-state index contributed by atoms with van der Waals surface area (Å²) < 4.78 is 37.9. The van der Waals surface area contributed by atoms with E-state index in [2.05, 4.69) is 35.8 Å². The van der Waals surface area contributed by atoms with Gasteiger partial charge in [0.05, 0.1) is 29.7 Å². The third-order valence-corrected chi connectivity index (χ3v) is 5.71. The Morgan fingerprint density at radius 1 is 0.970 bits per heavy atom. The highest BCUT2D eigenvalue weighted by molar-refractivity contribution is 6.10. The van der Waals surface area contributed by atoms with Gasteiger partial charge in [-0.1, -0.05) is 0 Å². The lowest BCUT2D eigenvalue weighted by atomic mass is 10.2. The number of carbonyl (C=O) groups is 1. The smallest absolute Gasteiger partial charge is 0.366 e. The second-order valence-electron chi connectivity index (χ2n) is 7.92. The predicted molar refractivity (Wildman–Crippen MR) is 112 cm³/mol. The molecule has 2 aliphatic rings. The number of pyridine rings is 2. The van der Waals surface area contributed by atoms with E-state index in [1.807, 2.05) is 6.07 Å². The molecule has 0 saturated heterocycles. The van der Waals surface area contributed by atoms with E-state index in [-0.39, 0.29) is 23.9 Å². The topological polar surface area (TPSA) is 109 Å². The molecule has 1 aliphatic carbocycles. The Hall–Kier alpha value is -3.83. The summed E-state index contributed by atoms with van der Waals surface area (Å²) in [7, 11) is 0. The normalized spacial score (nSPS) is 20.1. The summed E-state index contributed by atoms with van der Waals surface area (Å²) in [6, 6.07) is 7.14. The summed E-state index contributed by atoms with van der Waals surface area (Å²) in [6.07, 6.45) is 1.66. The van der Waals surface area contributed by atoms with E-state index >= 15 is 0 Å². The van der Waals surface area contributed by atoms with Crippen molar-refractivity contribution in [1.82, 2.24) is 25.1 Å². The van der Waals surface area contributed by atoms with Crippen LogP contribution in [0.1, 0.15) is 41.0 Å². The zero-order chi connectivity index (χ0) is 23.0. The molecule has 1 saturated carbocycles. The fourth-order valence-electron chi connectivity index (χ4n) is 4.14. The SMILES string of the molecule is O=C1c2cccnc2CN1c1cccnc1N[C@H]1CC[C@H](Nc2ncc(C(F)(F)F)nn2)C1. The number of anilines is 3. The second-order valence-corrected chi connectivity index (χ2v) is 7.92. The van der Waals surface area contributed by atoms with Gasteiger partial charge in [0, 0.05) is 24.5 Å². The summed E-state index contributed by atoms with van der Waals surface area (Å²) in [5, 5.41) is 13.2. The first-order valence-corrected chi connectivity index (χ1v) is 10.4. The molecular formula is C21H19F3N8O. The first-order chi connectivity index (χ1) is 15.9. The number of amides is 1. The third-order valence-electron chi connectivity index (χ3n) is 5.71. The summed E-state index contributed by atoms with van der Waals surface area (Å²) in [5.74, 6) is 0.531. The number of fused-ring (bicyclic) bond motifs is 1. The summed E-state index contributed by atoms with van der Waals surface area (Å²) >= 11 is 0. The van der Waals surface area contributed by atoms with E-state index in [0.717, 1.165) is 18.5 Å². The molecule has 0 radical (unpaired) electrons. The zero-order valence-electron chi connectivity index (χ0n) is 17.3. The molecule has 2 atom stereocenters. The number of hydrogen-bond donors (Lipinski definition) is 2. The maximum Gasteiger partial charge on any atom is 0.436 e. The van der Waals surface area contributed by atoms with E-state index in [1.54, 1.807) is 35.5 Å². The van der Waals surface area contributed by atoms with Gasteiger partial charge in [0.25, 0.3) is 5.91 Å². The van der Waals surface area contributed by atoms with Gasteiger partial charge in [-0.15, -0.1) is 10.2 Å². The number of rotatable bonds is 5. The highest BCUT2D eigenvalue weighted by Crippen LogP contribution is 2.33. The molecule has 170 valence electrons. The number of nitrogens with zero attached hydrogens (tertiary/aromatic N) is 6. The van der Waals surface area contributed by atoms with Crippen LogP contribution in [-0.2, 0) is 12.7 Å². The fourth-order valence-corrected chi connectivity index (χ4v) is 4.14. The Balaban J connectivity index is 1.24. The van der Waals surface area contributed by atoms with Crippen LogP contribution in [0.2, 0.25) is 0 Å². The minimum absolute atomic E-state index is 0.0323. The summed E-state index contributed by atoms with van der Waals surface area (Å²) in [6.45, 7) is 0.377. The Morgan fingerprint density at radius 3 is 2.45 bits per heavy atom. The molecule has 4 heterocycles. The number of alkyl halides is 3. The molecule has 1 fully saturated rings. The van der Waals surface area contributed by atoms with Gasteiger partial charge in [-0.25, -0.2) is 9.97 Å². The molecular weight excluding hydrogens is 437 g/mol. The van der Waals surface area contributed by atoms with Crippen molar-refractivity contribution in [2.24, 2.45) is 0 Å². The first-order valence-electron chi connectivity index (χ1n) is 10.4. The quantitative estimate of drug-likeness (QED) is 0.602. The van der Waals surface area contributed by atoms with Crippen molar-refractivity contribution in [3.05, 3.63) is 59.8 Å². The standard InChI is InChI=1S/C21H19F3N8O/c22-21(23,24)17-10-27-20(31-30-17)29-13-6-5-12(9-13)28-18-16(4-2-8-26-18)32-11-15-14(19(32)33)3-1-7-25-15/h1-4,7-8,10,12-13H,5-6,9,11H2,(H,26,28)(H,27,29,31)/t12-,13-/m0/s1. The number of carbonyl (C=O) groups excluding carboxylic acids is 1. The van der Waals surface area contributed by atoms with Crippen LogP contribution in [0.3, 0.4) is 0 Å². The van der Waals surface area contributed by atoms with Crippen molar-refractivity contribution in [3.63, 3.8) is 0 Å². The molecule has 5 rings (SSSR count). The van der Waals surface area contributed by atoms with Crippen molar-refractivity contribution in [1.29, 1.82) is 0 Å². The van der Waals surface area contributed by atoms with Gasteiger partial charge in [0.15, 0.2) is 5.69 Å². The highest BCUT2D eigenvalue weighted by Gasteiger charge is 2.34. The van der Waals surface area contributed by atoms with E-state index in [9.17, 15) is 18.0 Å². The van der Waals surface area contributed by atoms with Crippen LogP contribution >= 0.6 is 0 Å². The Labute approximate surface area is 186 Å². The molecule has 3 aromatic rings. The van der Waals surface area contributed by atoms with Crippen LogP contribution in [0.5, 0.6) is 0 Å². The van der Waals surface area contributed by atoms with E-state index in [4.69, 9.17) is 0 Å². The lowest BCUT2D eigenvalue weighted by Gasteiger charge is -2.22. The molecule has 0 aromatic carbocycles. The highest BCUT2D eigenvalue weighted by atomic mass is 19.4. The van der Waals surface area contributed by atoms with Gasteiger partial charge in [0.1, 0.15) is 5.82 Å². The lowest BCUT2D eigenvalue weighted by molar-refractivity contribution is -0.142. The maximum atomic E-state index is 12.9. The van der Waals surface area contributed by atoms with Gasteiger partial charge >= 0.3 is 6.18 Å². The van der Waals surface area contributed by atoms with Gasteiger partial charge < -0.3 is 10.6 Å². The van der Waals surface area contributed by atoms with Crippen LogP contribution in [0, 0.1) is 0 Å². The third kappa shape index (κ3) is 4.28. The molecule has 1 amide bonds. The maximum absolute atomic E-state index is 12.9. The van der Waals surface area contributed by atoms with Gasteiger partial charge in [-0.3, -0.25) is 14.7 Å². The summed E-state index contributed by atoms with van der Waals surface area (Å²) in [5.41, 5.74) is 0.859. The average molecular weight is 456 g/mol. The molecule has 9 nitrogen and oxygen atoms in total. The minimum atomic E-state index is -4.57. The molecule has 0 spiro atoms. The summed E-state index contributed by atoms with van der Waals surface area (Å²) in [4.78, 5) is 27.0. The van der Waals surface area contributed by atoms with Gasteiger partial charge in [-0.05, 0) is 43.5 Å². The van der Waals surface area contributed by atoms with Crippen LogP contribution < -0.4 is 15.5 Å². The van der Waals surface area contributed by atoms with E-state index in [1.165, 1.54) is 0 Å². The van der Waals surface area contributed by atoms with Crippen molar-refractivity contribution < 1.29 is 18.0 Å². The Kier molecular flexibility index (Phi) is 5.27. The first kappa shape index (κ1) is 21.0. The number of halogens is 3. The van der Waals surface area contributed by atoms with Gasteiger partial charge in [-0.2, -0.15) is 13.2 Å². The van der Waals surface area contributed by atoms with E-state index < -0.39 is 11.9 Å². The minimum Gasteiger partial charge on any atom is -0.366 e. The molecule has 12 heteroatoms. The number of aromatic nitrogens is 5. The largest absolute Gasteiger partial charge is 0.436 e. The molecule has 33 heavy (non-hydrogen) atoms.